The number of aromatic amines is 1. The highest BCUT2D eigenvalue weighted by Gasteiger charge is 2.34. The van der Waals surface area contributed by atoms with Crippen molar-refractivity contribution < 1.29 is 38.1 Å². The molecule has 0 aliphatic carbocycles. The number of urea groups is 1. The van der Waals surface area contributed by atoms with Crippen LogP contribution >= 0.6 is 0 Å². The van der Waals surface area contributed by atoms with Gasteiger partial charge in [-0.1, -0.05) is 19.1 Å². The summed E-state index contributed by atoms with van der Waals surface area (Å²) in [6.45, 7) is 4.78. The van der Waals surface area contributed by atoms with Gasteiger partial charge in [-0.2, -0.15) is 0 Å². The molecule has 0 bridgehead atoms. The van der Waals surface area contributed by atoms with Crippen molar-refractivity contribution >= 4 is 23.9 Å². The number of amides is 2. The molecule has 11 heteroatoms. The Morgan fingerprint density at radius 1 is 0.972 bits per heavy atom. The van der Waals surface area contributed by atoms with Crippen LogP contribution in [-0.4, -0.2) is 56.4 Å². The van der Waals surface area contributed by atoms with Crippen LogP contribution in [0.25, 0.3) is 0 Å². The number of aryl methyl sites for hydroxylation is 1. The zero-order chi connectivity index (χ0) is 26.4. The zero-order valence-electron chi connectivity index (χ0n) is 20.8. The Hall–Kier alpha value is -4.28. The lowest BCUT2D eigenvalue weighted by molar-refractivity contribution is -0.139. The molecule has 0 saturated carbocycles. The van der Waals surface area contributed by atoms with Crippen molar-refractivity contribution in [2.75, 3.05) is 27.4 Å². The third kappa shape index (κ3) is 5.35. The average Bonchev–Trinajstić information content (AvgIpc) is 3.22. The normalized spacial score (nSPS) is 15.0. The maximum absolute atomic E-state index is 12.9. The van der Waals surface area contributed by atoms with Crippen LogP contribution in [-0.2, 0) is 25.4 Å². The van der Waals surface area contributed by atoms with Crippen LogP contribution in [0.4, 0.5) is 4.79 Å². The zero-order valence-corrected chi connectivity index (χ0v) is 20.8. The van der Waals surface area contributed by atoms with Crippen LogP contribution in [0.1, 0.15) is 57.6 Å². The first kappa shape index (κ1) is 26.3. The number of esters is 3. The third-order valence-electron chi connectivity index (χ3n) is 5.72. The minimum absolute atomic E-state index is 0.0810. The van der Waals surface area contributed by atoms with Gasteiger partial charge in [-0.05, 0) is 43.5 Å². The van der Waals surface area contributed by atoms with Gasteiger partial charge in [-0.15, -0.1) is 0 Å². The molecule has 3 N–H and O–H groups in total. The van der Waals surface area contributed by atoms with E-state index in [2.05, 4.69) is 15.6 Å². The molecule has 0 saturated heterocycles. The molecule has 1 atom stereocenters. The lowest BCUT2D eigenvalue weighted by Gasteiger charge is -2.29. The topological polar surface area (TPSA) is 145 Å². The Labute approximate surface area is 208 Å². The van der Waals surface area contributed by atoms with Crippen molar-refractivity contribution in [2.45, 2.75) is 33.2 Å². The Morgan fingerprint density at radius 2 is 1.67 bits per heavy atom. The van der Waals surface area contributed by atoms with Gasteiger partial charge in [0.1, 0.15) is 18.1 Å². The van der Waals surface area contributed by atoms with Crippen molar-refractivity contribution in [1.82, 2.24) is 15.6 Å². The summed E-state index contributed by atoms with van der Waals surface area (Å²) in [5.41, 5.74) is 2.06. The van der Waals surface area contributed by atoms with Gasteiger partial charge in [-0.25, -0.2) is 19.2 Å². The van der Waals surface area contributed by atoms with Crippen molar-refractivity contribution in [3.8, 4) is 5.75 Å². The molecular weight excluding hydrogens is 470 g/mol. The van der Waals surface area contributed by atoms with Crippen molar-refractivity contribution in [3.05, 3.63) is 63.6 Å². The van der Waals surface area contributed by atoms with Crippen molar-refractivity contribution in [2.24, 2.45) is 0 Å². The average molecular weight is 500 g/mol. The number of carbonyl (C=O) groups is 4. The molecule has 0 fully saturated rings. The number of carbonyl (C=O) groups excluding carboxylic acids is 4. The SMILES string of the molecule is CCOC(=O)C1=C(COC(=O)c2[nH]c(CC)c(C(=O)OC)c2C)NC(=O)NC1c1ccc(OC)cc1. The Balaban J connectivity index is 1.94. The van der Waals surface area contributed by atoms with Crippen LogP contribution in [0.15, 0.2) is 35.5 Å². The van der Waals surface area contributed by atoms with E-state index < -0.39 is 36.6 Å². The lowest BCUT2D eigenvalue weighted by Crippen LogP contribution is -2.47. The Morgan fingerprint density at radius 3 is 2.25 bits per heavy atom. The predicted octanol–water partition coefficient (Wildman–Crippen LogP) is 2.71. The first-order valence-electron chi connectivity index (χ1n) is 11.3. The number of H-pyrrole nitrogens is 1. The van der Waals surface area contributed by atoms with Crippen LogP contribution < -0.4 is 15.4 Å². The van der Waals surface area contributed by atoms with Crippen LogP contribution in [0.5, 0.6) is 5.75 Å². The van der Waals surface area contributed by atoms with Gasteiger partial charge >= 0.3 is 23.9 Å². The number of benzene rings is 1. The van der Waals surface area contributed by atoms with E-state index in [0.717, 1.165) is 0 Å². The van der Waals surface area contributed by atoms with E-state index in [-0.39, 0.29) is 29.1 Å². The fraction of sp³-hybridized carbons (Fsp3) is 0.360. The maximum Gasteiger partial charge on any atom is 0.355 e. The first-order valence-corrected chi connectivity index (χ1v) is 11.3. The molecule has 3 rings (SSSR count). The van der Waals surface area contributed by atoms with Gasteiger partial charge in [-0.3, -0.25) is 0 Å². The van der Waals surface area contributed by atoms with Gasteiger partial charge in [0.15, 0.2) is 0 Å². The Bertz CT molecular complexity index is 1200. The molecule has 1 aromatic carbocycles. The molecular formula is C25H29N3O8. The van der Waals surface area contributed by atoms with E-state index in [1.54, 1.807) is 38.1 Å². The van der Waals surface area contributed by atoms with E-state index in [4.69, 9.17) is 18.9 Å². The highest BCUT2D eigenvalue weighted by Crippen LogP contribution is 2.29. The van der Waals surface area contributed by atoms with Crippen LogP contribution in [0.3, 0.4) is 0 Å². The van der Waals surface area contributed by atoms with Crippen LogP contribution in [0, 0.1) is 6.92 Å². The first-order chi connectivity index (χ1) is 17.2. The molecule has 1 aliphatic heterocycles. The monoisotopic (exact) mass is 499 g/mol. The molecule has 192 valence electrons. The molecule has 11 nitrogen and oxygen atoms in total. The molecule has 1 unspecified atom stereocenters. The van der Waals surface area contributed by atoms with Gasteiger partial charge < -0.3 is 34.6 Å². The van der Waals surface area contributed by atoms with Crippen molar-refractivity contribution in [3.63, 3.8) is 0 Å². The molecule has 0 radical (unpaired) electrons. The molecule has 36 heavy (non-hydrogen) atoms. The summed E-state index contributed by atoms with van der Waals surface area (Å²) in [5, 5.41) is 5.25. The van der Waals surface area contributed by atoms with Crippen molar-refractivity contribution in [1.29, 1.82) is 0 Å². The molecule has 2 heterocycles. The smallest absolute Gasteiger partial charge is 0.355 e. The molecule has 1 aliphatic rings. The lowest BCUT2D eigenvalue weighted by atomic mass is 9.95. The fourth-order valence-electron chi connectivity index (χ4n) is 3.94. The largest absolute Gasteiger partial charge is 0.497 e. The van der Waals surface area contributed by atoms with E-state index in [1.165, 1.54) is 14.2 Å². The Kier molecular flexibility index (Phi) is 8.36. The number of hydrogen-bond acceptors (Lipinski definition) is 8. The van der Waals surface area contributed by atoms with E-state index >= 15 is 0 Å². The number of ether oxygens (including phenoxy) is 4. The number of rotatable bonds is 9. The van der Waals surface area contributed by atoms with Gasteiger partial charge in [0.25, 0.3) is 0 Å². The summed E-state index contributed by atoms with van der Waals surface area (Å²) in [6.07, 6.45) is 0.460. The molecule has 2 aromatic rings. The number of aromatic nitrogens is 1. The van der Waals surface area contributed by atoms with E-state index in [1.807, 2.05) is 6.92 Å². The van der Waals surface area contributed by atoms with Crippen LogP contribution in [0.2, 0.25) is 0 Å². The quantitative estimate of drug-likeness (QED) is 0.353. The van der Waals surface area contributed by atoms with Gasteiger partial charge in [0.2, 0.25) is 0 Å². The second kappa shape index (κ2) is 11.4. The maximum atomic E-state index is 12.9. The molecule has 1 aromatic heterocycles. The number of methoxy groups -OCH3 is 2. The number of nitrogens with one attached hydrogen (secondary N) is 3. The predicted molar refractivity (Wildman–Crippen MR) is 128 cm³/mol. The molecule has 2 amide bonds. The highest BCUT2D eigenvalue weighted by atomic mass is 16.5. The summed E-state index contributed by atoms with van der Waals surface area (Å²) in [5.74, 6) is -1.40. The summed E-state index contributed by atoms with van der Waals surface area (Å²) >= 11 is 0. The minimum Gasteiger partial charge on any atom is -0.497 e. The fourth-order valence-corrected chi connectivity index (χ4v) is 3.94. The highest BCUT2D eigenvalue weighted by molar-refractivity contribution is 5.99. The summed E-state index contributed by atoms with van der Waals surface area (Å²) in [7, 11) is 2.79. The standard InChI is InChI=1S/C25H29N3O8/c1-6-16-18(22(29)34-5)13(3)20(26-16)24(31)36-12-17-19(23(30)35-7-2)21(28-25(32)27-17)14-8-10-15(33-4)11-9-14/h8-11,21,26H,6-7,12H2,1-5H3,(H2,27,28,32). The minimum atomic E-state index is -0.845. The van der Waals surface area contributed by atoms with Gasteiger partial charge in [0.05, 0.1) is 43.7 Å². The summed E-state index contributed by atoms with van der Waals surface area (Å²) in [6, 6.07) is 5.39. The van der Waals surface area contributed by atoms with Gasteiger partial charge in [0, 0.05) is 5.69 Å². The van der Waals surface area contributed by atoms with E-state index in [0.29, 0.717) is 29.0 Å². The summed E-state index contributed by atoms with van der Waals surface area (Å²) < 4.78 is 20.7. The second-order valence-electron chi connectivity index (χ2n) is 7.82. The molecule has 0 spiro atoms. The third-order valence-corrected chi connectivity index (χ3v) is 5.72. The number of hydrogen-bond donors (Lipinski definition) is 3. The van der Waals surface area contributed by atoms with E-state index in [9.17, 15) is 19.2 Å². The second-order valence-corrected chi connectivity index (χ2v) is 7.82. The summed E-state index contributed by atoms with van der Waals surface area (Å²) in [4.78, 5) is 53.3.